The Morgan fingerprint density at radius 3 is 2.93 bits per heavy atom. The van der Waals surface area contributed by atoms with Crippen molar-refractivity contribution in [2.24, 2.45) is 10.8 Å². The fourth-order valence-corrected chi connectivity index (χ4v) is 0.947. The number of carbonyl (C=O) groups excluding carboxylic acids is 1. The van der Waals surface area contributed by atoms with Crippen LogP contribution in [-0.2, 0) is 0 Å². The van der Waals surface area contributed by atoms with Crippen LogP contribution in [0.1, 0.15) is 5.56 Å². The van der Waals surface area contributed by atoms with Crippen LogP contribution in [0, 0.1) is 5.82 Å². The van der Waals surface area contributed by atoms with Crippen LogP contribution >= 0.6 is 0 Å². The predicted octanol–water partition coefficient (Wildman–Crippen LogP) is 0.837. The van der Waals surface area contributed by atoms with Crippen molar-refractivity contribution < 1.29 is 13.9 Å². The molecule has 1 aromatic carbocycles. The van der Waals surface area contributed by atoms with Gasteiger partial charge in [-0.3, -0.25) is 0 Å². The van der Waals surface area contributed by atoms with Crippen molar-refractivity contribution in [2.45, 2.75) is 0 Å². The van der Waals surface area contributed by atoms with E-state index in [0.717, 1.165) is 0 Å². The highest BCUT2D eigenvalue weighted by Crippen LogP contribution is 2.14. The zero-order valence-electron chi connectivity index (χ0n) is 8.03. The molecule has 6 heteroatoms. The van der Waals surface area contributed by atoms with Crippen LogP contribution in [0.15, 0.2) is 23.3 Å². The Morgan fingerprint density at radius 2 is 2.33 bits per heavy atom. The number of primary amides is 1. The molecule has 0 fully saturated rings. The van der Waals surface area contributed by atoms with Crippen molar-refractivity contribution in [1.82, 2.24) is 5.43 Å². The van der Waals surface area contributed by atoms with Gasteiger partial charge in [-0.15, -0.1) is 0 Å². The largest absolute Gasteiger partial charge is 0.497 e. The van der Waals surface area contributed by atoms with Gasteiger partial charge in [-0.1, -0.05) is 0 Å². The summed E-state index contributed by atoms with van der Waals surface area (Å²) in [4.78, 5) is 10.3. The molecule has 0 aliphatic carbocycles. The Morgan fingerprint density at radius 1 is 1.60 bits per heavy atom. The molecule has 1 rings (SSSR count). The molecule has 0 bridgehead atoms. The summed E-state index contributed by atoms with van der Waals surface area (Å²) in [6, 6.07) is 3.26. The maximum Gasteiger partial charge on any atom is 0.332 e. The Bertz CT molecular complexity index is 393. The lowest BCUT2D eigenvalue weighted by atomic mass is 10.2. The summed E-state index contributed by atoms with van der Waals surface area (Å²) in [6.07, 6.45) is 1.26. The van der Waals surface area contributed by atoms with Crippen molar-refractivity contribution in [3.63, 3.8) is 0 Å². The molecule has 5 nitrogen and oxygen atoms in total. The van der Waals surface area contributed by atoms with Crippen LogP contribution in [0.4, 0.5) is 9.18 Å². The Labute approximate surface area is 85.7 Å². The number of methoxy groups -OCH3 is 1. The fourth-order valence-electron chi connectivity index (χ4n) is 0.947. The second kappa shape index (κ2) is 4.94. The molecule has 0 heterocycles. The third-order valence-electron chi connectivity index (χ3n) is 1.52. The summed E-state index contributed by atoms with van der Waals surface area (Å²) < 4.78 is 17.8. The van der Waals surface area contributed by atoms with E-state index in [1.165, 1.54) is 25.5 Å². The summed E-state index contributed by atoms with van der Waals surface area (Å²) >= 11 is 0. The maximum absolute atomic E-state index is 12.9. The van der Waals surface area contributed by atoms with Gasteiger partial charge in [-0.25, -0.2) is 14.6 Å². The van der Waals surface area contributed by atoms with Gasteiger partial charge in [-0.2, -0.15) is 5.10 Å². The van der Waals surface area contributed by atoms with Crippen LogP contribution in [0.3, 0.4) is 0 Å². The molecule has 0 aromatic heterocycles. The van der Waals surface area contributed by atoms with Crippen LogP contribution in [0.5, 0.6) is 5.75 Å². The summed E-state index contributed by atoms with van der Waals surface area (Å²) in [5.74, 6) is -0.0783. The van der Waals surface area contributed by atoms with Gasteiger partial charge in [0.1, 0.15) is 11.6 Å². The van der Waals surface area contributed by atoms with E-state index < -0.39 is 11.8 Å². The normalized spacial score (nSPS) is 10.3. The number of hydrazone groups is 1. The molecular weight excluding hydrogens is 201 g/mol. The van der Waals surface area contributed by atoms with Crippen molar-refractivity contribution in [3.8, 4) is 5.75 Å². The Balaban J connectivity index is 2.80. The second-order valence-corrected chi connectivity index (χ2v) is 2.66. The molecule has 0 radical (unpaired) electrons. The molecule has 0 spiro atoms. The summed E-state index contributed by atoms with van der Waals surface area (Å²) in [7, 11) is 1.43. The number of nitrogens with one attached hydrogen (secondary N) is 1. The van der Waals surface area contributed by atoms with Gasteiger partial charge in [0.2, 0.25) is 0 Å². The molecule has 0 atom stereocenters. The van der Waals surface area contributed by atoms with E-state index in [4.69, 9.17) is 10.5 Å². The predicted molar refractivity (Wildman–Crippen MR) is 53.3 cm³/mol. The zero-order valence-corrected chi connectivity index (χ0v) is 8.03. The van der Waals surface area contributed by atoms with Crippen molar-refractivity contribution in [3.05, 3.63) is 29.6 Å². The number of ether oxygens (including phenoxy) is 1. The number of rotatable bonds is 3. The minimum atomic E-state index is -0.783. The Kier molecular flexibility index (Phi) is 3.61. The van der Waals surface area contributed by atoms with Crippen LogP contribution in [-0.4, -0.2) is 19.4 Å². The van der Waals surface area contributed by atoms with E-state index in [-0.39, 0.29) is 0 Å². The maximum atomic E-state index is 12.9. The van der Waals surface area contributed by atoms with E-state index in [1.807, 2.05) is 5.43 Å². The molecule has 0 unspecified atom stereocenters. The first-order valence-corrected chi connectivity index (χ1v) is 4.05. The van der Waals surface area contributed by atoms with Crippen molar-refractivity contribution >= 4 is 12.2 Å². The third kappa shape index (κ3) is 3.63. The van der Waals surface area contributed by atoms with E-state index in [2.05, 4.69) is 5.10 Å². The highest BCUT2D eigenvalue weighted by atomic mass is 19.1. The lowest BCUT2D eigenvalue weighted by molar-refractivity contribution is 0.249. The highest BCUT2D eigenvalue weighted by Gasteiger charge is 1.98. The number of carbonyl (C=O) groups is 1. The first-order chi connectivity index (χ1) is 7.11. The lowest BCUT2D eigenvalue weighted by Crippen LogP contribution is -2.24. The number of nitrogens with zero attached hydrogens (tertiary/aromatic N) is 1. The Hall–Kier alpha value is -2.11. The minimum absolute atomic E-state index is 0.371. The van der Waals surface area contributed by atoms with Crippen molar-refractivity contribution in [1.29, 1.82) is 0 Å². The molecule has 0 aliphatic heterocycles. The van der Waals surface area contributed by atoms with Crippen LogP contribution in [0.25, 0.3) is 0 Å². The molecule has 3 N–H and O–H groups in total. The van der Waals surface area contributed by atoms with E-state index in [1.54, 1.807) is 6.07 Å². The number of hydrogen-bond donors (Lipinski definition) is 2. The van der Waals surface area contributed by atoms with Gasteiger partial charge < -0.3 is 10.5 Å². The molecule has 0 aliphatic rings. The van der Waals surface area contributed by atoms with Crippen molar-refractivity contribution in [2.75, 3.05) is 7.11 Å². The average molecular weight is 211 g/mol. The number of hydrogen-bond acceptors (Lipinski definition) is 3. The summed E-state index contributed by atoms with van der Waals surface area (Å²) in [5.41, 5.74) is 7.23. The molecule has 1 aromatic rings. The smallest absolute Gasteiger partial charge is 0.332 e. The highest BCUT2D eigenvalue weighted by molar-refractivity contribution is 5.81. The first kappa shape index (κ1) is 11.0. The number of benzene rings is 1. The molecule has 0 saturated heterocycles. The van der Waals surface area contributed by atoms with Gasteiger partial charge >= 0.3 is 6.03 Å². The molecule has 0 saturated carbocycles. The monoisotopic (exact) mass is 211 g/mol. The fraction of sp³-hybridized carbons (Fsp3) is 0.111. The third-order valence-corrected chi connectivity index (χ3v) is 1.52. The summed E-state index contributed by atoms with van der Waals surface area (Å²) in [5, 5.41) is 3.49. The number of halogens is 1. The zero-order chi connectivity index (χ0) is 11.3. The van der Waals surface area contributed by atoms with E-state index in [9.17, 15) is 9.18 Å². The van der Waals surface area contributed by atoms with E-state index >= 15 is 0 Å². The van der Waals surface area contributed by atoms with Crippen LogP contribution < -0.4 is 15.9 Å². The van der Waals surface area contributed by atoms with Gasteiger partial charge in [0.25, 0.3) is 0 Å². The van der Waals surface area contributed by atoms with Crippen LogP contribution in [0.2, 0.25) is 0 Å². The quantitative estimate of drug-likeness (QED) is 0.574. The SMILES string of the molecule is COc1cc(F)cc(C=NNC(N)=O)c1. The molecular formula is C9H10FN3O2. The number of amides is 2. The number of nitrogens with two attached hydrogens (primary N) is 1. The second-order valence-electron chi connectivity index (χ2n) is 2.66. The van der Waals surface area contributed by atoms with E-state index in [0.29, 0.717) is 11.3 Å². The molecule has 15 heavy (non-hydrogen) atoms. The standard InChI is InChI=1S/C9H10FN3O2/c1-15-8-3-6(2-7(10)4-8)5-12-13-9(11)14/h2-5H,1H3,(H3,11,13,14). The first-order valence-electron chi connectivity index (χ1n) is 4.05. The van der Waals surface area contributed by atoms with Gasteiger partial charge in [0.15, 0.2) is 0 Å². The average Bonchev–Trinajstić information content (AvgIpc) is 2.16. The lowest BCUT2D eigenvalue weighted by Gasteiger charge is -2.01. The molecule has 80 valence electrons. The van der Waals surface area contributed by atoms with Gasteiger partial charge in [0.05, 0.1) is 13.3 Å². The topological polar surface area (TPSA) is 76.7 Å². The number of urea groups is 1. The van der Waals surface area contributed by atoms with Gasteiger partial charge in [0, 0.05) is 11.6 Å². The molecule has 2 amide bonds. The van der Waals surface area contributed by atoms with Gasteiger partial charge in [-0.05, 0) is 12.1 Å². The summed E-state index contributed by atoms with van der Waals surface area (Å²) in [6.45, 7) is 0. The minimum Gasteiger partial charge on any atom is -0.497 e.